The number of hydrogen-bond acceptors (Lipinski definition) is 5. The second-order valence-electron chi connectivity index (χ2n) is 5.82. The number of ether oxygens (including phenoxy) is 3. The minimum Gasteiger partial charge on any atom is -0.494 e. The number of hydrogen-bond donors (Lipinski definition) is 3. The largest absolute Gasteiger partial charge is 0.494 e. The van der Waals surface area contributed by atoms with E-state index in [-0.39, 0.29) is 12.7 Å². The molecule has 1 heterocycles. The first-order valence-electron chi connectivity index (χ1n) is 8.61. The van der Waals surface area contributed by atoms with E-state index < -0.39 is 0 Å². The number of carbonyl (C=O) groups is 1. The molecule has 0 unspecified atom stereocenters. The summed E-state index contributed by atoms with van der Waals surface area (Å²) in [6.07, 6.45) is 0.933. The highest BCUT2D eigenvalue weighted by atomic mass is 32.1. The van der Waals surface area contributed by atoms with Gasteiger partial charge in [0.25, 0.3) is 5.91 Å². The van der Waals surface area contributed by atoms with Gasteiger partial charge in [0.05, 0.1) is 6.61 Å². The van der Waals surface area contributed by atoms with Gasteiger partial charge in [0.15, 0.2) is 16.6 Å². The maximum atomic E-state index is 12.1. The zero-order chi connectivity index (χ0) is 19.1. The third-order valence-corrected chi connectivity index (χ3v) is 4.02. The lowest BCUT2D eigenvalue weighted by Crippen LogP contribution is -2.46. The van der Waals surface area contributed by atoms with Crippen LogP contribution in [0.1, 0.15) is 29.3 Å². The Morgan fingerprint density at radius 3 is 2.67 bits per heavy atom. The van der Waals surface area contributed by atoms with Crippen molar-refractivity contribution in [3.8, 4) is 17.2 Å². The van der Waals surface area contributed by atoms with Crippen molar-refractivity contribution in [3.63, 3.8) is 0 Å². The Kier molecular flexibility index (Phi) is 6.32. The fourth-order valence-corrected chi connectivity index (χ4v) is 2.51. The Morgan fingerprint density at radius 2 is 1.89 bits per heavy atom. The van der Waals surface area contributed by atoms with Gasteiger partial charge in [-0.2, -0.15) is 0 Å². The maximum Gasteiger partial charge on any atom is 0.269 e. The molecule has 0 atom stereocenters. The van der Waals surface area contributed by atoms with Crippen LogP contribution in [-0.4, -0.2) is 24.4 Å². The maximum absolute atomic E-state index is 12.1. The number of amides is 1. The van der Waals surface area contributed by atoms with Crippen LogP contribution in [0.4, 0.5) is 0 Å². The molecule has 2 aromatic carbocycles. The van der Waals surface area contributed by atoms with Crippen molar-refractivity contribution in [3.05, 3.63) is 53.6 Å². The summed E-state index contributed by atoms with van der Waals surface area (Å²) in [7, 11) is 0. The molecule has 0 fully saturated rings. The Hall–Kier alpha value is -3.00. The van der Waals surface area contributed by atoms with E-state index in [0.29, 0.717) is 29.6 Å². The lowest BCUT2D eigenvalue weighted by molar-refractivity contribution is 0.0943. The SMILES string of the molecule is CCCOc1ccc(C(=O)NNC(=S)NCc2ccc3c(c2)OCO3)cc1. The zero-order valence-corrected chi connectivity index (χ0v) is 15.7. The lowest BCUT2D eigenvalue weighted by atomic mass is 10.2. The molecule has 0 saturated heterocycles. The third kappa shape index (κ3) is 5.24. The van der Waals surface area contributed by atoms with E-state index in [2.05, 4.69) is 16.2 Å². The van der Waals surface area contributed by atoms with Crippen molar-refractivity contribution in [1.82, 2.24) is 16.2 Å². The Balaban J connectivity index is 1.42. The predicted octanol–water partition coefficient (Wildman–Crippen LogP) is 2.51. The van der Waals surface area contributed by atoms with E-state index in [0.717, 1.165) is 23.5 Å². The van der Waals surface area contributed by atoms with E-state index in [4.69, 9.17) is 26.4 Å². The molecule has 0 bridgehead atoms. The molecule has 1 aliphatic heterocycles. The van der Waals surface area contributed by atoms with Gasteiger partial charge in [-0.05, 0) is 60.6 Å². The van der Waals surface area contributed by atoms with E-state index >= 15 is 0 Å². The van der Waals surface area contributed by atoms with Crippen LogP contribution in [0, 0.1) is 0 Å². The molecule has 7 nitrogen and oxygen atoms in total. The molecule has 0 saturated carbocycles. The predicted molar refractivity (Wildman–Crippen MR) is 105 cm³/mol. The van der Waals surface area contributed by atoms with Gasteiger partial charge in [-0.15, -0.1) is 0 Å². The minimum absolute atomic E-state index is 0.240. The Morgan fingerprint density at radius 1 is 1.11 bits per heavy atom. The van der Waals surface area contributed by atoms with Crippen LogP contribution < -0.4 is 30.4 Å². The number of rotatable bonds is 6. The smallest absolute Gasteiger partial charge is 0.269 e. The molecule has 8 heteroatoms. The van der Waals surface area contributed by atoms with E-state index in [1.54, 1.807) is 24.3 Å². The van der Waals surface area contributed by atoms with Gasteiger partial charge < -0.3 is 19.5 Å². The number of benzene rings is 2. The topological polar surface area (TPSA) is 80.9 Å². The molecular weight excluding hydrogens is 366 g/mol. The minimum atomic E-state index is -0.288. The average molecular weight is 387 g/mol. The van der Waals surface area contributed by atoms with Crippen LogP contribution in [0.25, 0.3) is 0 Å². The summed E-state index contributed by atoms with van der Waals surface area (Å²) in [5.41, 5.74) is 6.74. The Labute approximate surface area is 163 Å². The molecule has 1 aliphatic rings. The highest BCUT2D eigenvalue weighted by molar-refractivity contribution is 7.80. The van der Waals surface area contributed by atoms with Crippen molar-refractivity contribution in [2.45, 2.75) is 19.9 Å². The monoisotopic (exact) mass is 387 g/mol. The fraction of sp³-hybridized carbons (Fsp3) is 0.263. The van der Waals surface area contributed by atoms with E-state index in [9.17, 15) is 4.79 Å². The van der Waals surface area contributed by atoms with Gasteiger partial charge in [-0.3, -0.25) is 15.6 Å². The molecule has 3 N–H and O–H groups in total. The zero-order valence-electron chi connectivity index (χ0n) is 14.9. The molecule has 1 amide bonds. The summed E-state index contributed by atoms with van der Waals surface area (Å²) in [5.74, 6) is 1.90. The number of hydrazine groups is 1. The summed E-state index contributed by atoms with van der Waals surface area (Å²) >= 11 is 5.18. The highest BCUT2D eigenvalue weighted by Gasteiger charge is 2.13. The molecular formula is C19H21N3O4S. The van der Waals surface area contributed by atoms with E-state index in [1.807, 2.05) is 25.1 Å². The van der Waals surface area contributed by atoms with Crippen molar-refractivity contribution >= 4 is 23.2 Å². The van der Waals surface area contributed by atoms with Gasteiger partial charge in [-0.25, -0.2) is 0 Å². The standard InChI is InChI=1S/C19H21N3O4S/c1-2-9-24-15-6-4-14(5-7-15)18(23)21-22-19(27)20-11-13-3-8-16-17(10-13)26-12-25-16/h3-8,10H,2,9,11-12H2,1H3,(H,21,23)(H2,20,22,27). The number of thiocarbonyl (C=S) groups is 1. The summed E-state index contributed by atoms with van der Waals surface area (Å²) in [4.78, 5) is 12.1. The molecule has 27 heavy (non-hydrogen) atoms. The number of nitrogens with one attached hydrogen (secondary N) is 3. The van der Waals surface area contributed by atoms with Crippen LogP contribution in [0.3, 0.4) is 0 Å². The second kappa shape index (κ2) is 9.09. The third-order valence-electron chi connectivity index (χ3n) is 3.77. The summed E-state index contributed by atoms with van der Waals surface area (Å²) in [6.45, 7) is 3.42. The highest BCUT2D eigenvalue weighted by Crippen LogP contribution is 2.32. The molecule has 0 aromatic heterocycles. The van der Waals surface area contributed by atoms with Crippen molar-refractivity contribution in [2.75, 3.05) is 13.4 Å². The molecule has 3 rings (SSSR count). The fourth-order valence-electron chi connectivity index (χ4n) is 2.39. The molecule has 0 aliphatic carbocycles. The first-order valence-corrected chi connectivity index (χ1v) is 9.02. The van der Waals surface area contributed by atoms with Crippen molar-refractivity contribution in [1.29, 1.82) is 0 Å². The average Bonchev–Trinajstić information content (AvgIpc) is 3.17. The van der Waals surface area contributed by atoms with Crippen LogP contribution in [0.5, 0.6) is 17.2 Å². The first kappa shape index (κ1) is 18.8. The van der Waals surface area contributed by atoms with Crippen LogP contribution in [0.2, 0.25) is 0 Å². The second-order valence-corrected chi connectivity index (χ2v) is 6.23. The molecule has 142 valence electrons. The molecule has 2 aromatic rings. The summed E-state index contributed by atoms with van der Waals surface area (Å²) in [6, 6.07) is 12.6. The normalized spacial score (nSPS) is 11.6. The molecule has 0 spiro atoms. The number of carbonyl (C=O) groups excluding carboxylic acids is 1. The van der Waals surface area contributed by atoms with Gasteiger partial charge in [0, 0.05) is 12.1 Å². The molecule has 0 radical (unpaired) electrons. The van der Waals surface area contributed by atoms with Crippen LogP contribution >= 0.6 is 12.2 Å². The van der Waals surface area contributed by atoms with Gasteiger partial charge in [-0.1, -0.05) is 13.0 Å². The lowest BCUT2D eigenvalue weighted by Gasteiger charge is -2.12. The van der Waals surface area contributed by atoms with Crippen LogP contribution in [0.15, 0.2) is 42.5 Å². The first-order chi connectivity index (χ1) is 13.2. The van der Waals surface area contributed by atoms with Crippen molar-refractivity contribution < 1.29 is 19.0 Å². The number of fused-ring (bicyclic) bond motifs is 1. The van der Waals surface area contributed by atoms with E-state index in [1.165, 1.54) is 0 Å². The van der Waals surface area contributed by atoms with Crippen molar-refractivity contribution in [2.24, 2.45) is 0 Å². The van der Waals surface area contributed by atoms with Gasteiger partial charge >= 0.3 is 0 Å². The van der Waals surface area contributed by atoms with Crippen LogP contribution in [-0.2, 0) is 6.54 Å². The van der Waals surface area contributed by atoms with Gasteiger partial charge in [0.2, 0.25) is 6.79 Å². The Bertz CT molecular complexity index is 811. The summed E-state index contributed by atoms with van der Waals surface area (Å²) < 4.78 is 16.1. The van der Waals surface area contributed by atoms with Gasteiger partial charge in [0.1, 0.15) is 5.75 Å². The quantitative estimate of drug-likeness (QED) is 0.519. The summed E-state index contributed by atoms with van der Waals surface area (Å²) in [5, 5.41) is 3.33.